The zero-order valence-electron chi connectivity index (χ0n) is 16.4. The minimum Gasteiger partial charge on any atom is -0.482 e. The van der Waals surface area contributed by atoms with Gasteiger partial charge in [-0.3, -0.25) is 14.2 Å². The summed E-state index contributed by atoms with van der Waals surface area (Å²) in [6, 6.07) is 5.10. The summed E-state index contributed by atoms with van der Waals surface area (Å²) in [7, 11) is 0. The molecule has 0 unspecified atom stereocenters. The minimum atomic E-state index is -0.361. The summed E-state index contributed by atoms with van der Waals surface area (Å²) in [6.45, 7) is 7.50. The molecule has 0 saturated carbocycles. The Hall–Kier alpha value is -2.59. The van der Waals surface area contributed by atoms with E-state index in [0.29, 0.717) is 41.9 Å². The molecule has 3 heterocycles. The Morgan fingerprint density at radius 1 is 1.31 bits per heavy atom. The number of Topliss-reactive ketones (excluding diaryl/α,β-unsaturated/α-hetero) is 1. The van der Waals surface area contributed by atoms with E-state index in [2.05, 4.69) is 20.4 Å². The first-order valence-electron chi connectivity index (χ1n) is 9.60. The quantitative estimate of drug-likeness (QED) is 0.561. The third kappa shape index (κ3) is 4.08. The van der Waals surface area contributed by atoms with Crippen molar-refractivity contribution in [3.63, 3.8) is 0 Å². The number of nitrogens with zero attached hydrogens (tertiary/aromatic N) is 4. The molecule has 2 aliphatic heterocycles. The number of anilines is 2. The van der Waals surface area contributed by atoms with Crippen LogP contribution in [0.1, 0.15) is 24.2 Å². The largest absolute Gasteiger partial charge is 0.482 e. The second-order valence-electron chi connectivity index (χ2n) is 6.80. The molecule has 0 aliphatic carbocycles. The molecule has 1 N–H and O–H groups in total. The zero-order valence-corrected chi connectivity index (χ0v) is 17.2. The molecule has 29 heavy (non-hydrogen) atoms. The SMILES string of the molecule is CCn1c(S[C@H](C)C(=O)c2ccc3c(c2)NC(=O)CO3)nnc1N1CCOCC1. The topological polar surface area (TPSA) is 98.6 Å². The molecule has 1 atom stereocenters. The van der Waals surface area contributed by atoms with Crippen LogP contribution in [0.3, 0.4) is 0 Å². The average Bonchev–Trinajstić information content (AvgIpc) is 3.15. The van der Waals surface area contributed by atoms with E-state index in [-0.39, 0.29) is 23.5 Å². The number of carbonyl (C=O) groups excluding carboxylic acids is 2. The van der Waals surface area contributed by atoms with Crippen molar-refractivity contribution in [1.29, 1.82) is 0 Å². The van der Waals surface area contributed by atoms with Crippen molar-refractivity contribution in [2.24, 2.45) is 0 Å². The molecule has 1 aromatic carbocycles. The summed E-state index contributed by atoms with van der Waals surface area (Å²) >= 11 is 1.38. The van der Waals surface area contributed by atoms with Crippen molar-refractivity contribution >= 4 is 35.1 Å². The Bertz CT molecular complexity index is 925. The van der Waals surface area contributed by atoms with Crippen LogP contribution in [-0.4, -0.2) is 64.6 Å². The number of morpholine rings is 1. The normalized spacial score (nSPS) is 17.3. The van der Waals surface area contributed by atoms with E-state index >= 15 is 0 Å². The number of carbonyl (C=O) groups is 2. The fourth-order valence-electron chi connectivity index (χ4n) is 3.32. The highest BCUT2D eigenvalue weighted by Crippen LogP contribution is 2.32. The molecule has 9 nitrogen and oxygen atoms in total. The average molecular weight is 417 g/mol. The highest BCUT2D eigenvalue weighted by atomic mass is 32.2. The van der Waals surface area contributed by atoms with Gasteiger partial charge in [-0.1, -0.05) is 11.8 Å². The van der Waals surface area contributed by atoms with Gasteiger partial charge >= 0.3 is 0 Å². The van der Waals surface area contributed by atoms with Crippen molar-refractivity contribution < 1.29 is 19.1 Å². The van der Waals surface area contributed by atoms with Gasteiger partial charge in [0.1, 0.15) is 5.75 Å². The summed E-state index contributed by atoms with van der Waals surface area (Å²) < 4.78 is 12.8. The lowest BCUT2D eigenvalue weighted by atomic mass is 10.1. The van der Waals surface area contributed by atoms with Gasteiger partial charge < -0.3 is 19.7 Å². The number of nitrogens with one attached hydrogen (secondary N) is 1. The van der Waals surface area contributed by atoms with Gasteiger partial charge in [0, 0.05) is 25.2 Å². The minimum absolute atomic E-state index is 0.00923. The van der Waals surface area contributed by atoms with Gasteiger partial charge in [0.05, 0.1) is 24.2 Å². The van der Waals surface area contributed by atoms with Crippen LogP contribution in [0.15, 0.2) is 23.4 Å². The van der Waals surface area contributed by atoms with Gasteiger partial charge in [0.15, 0.2) is 17.5 Å². The molecular formula is C19H23N5O4S. The van der Waals surface area contributed by atoms with Crippen molar-refractivity contribution in [2.75, 3.05) is 43.1 Å². The number of rotatable bonds is 6. The summed E-state index contributed by atoms with van der Waals surface area (Å²) in [6.07, 6.45) is 0. The van der Waals surface area contributed by atoms with E-state index in [9.17, 15) is 9.59 Å². The Morgan fingerprint density at radius 2 is 2.10 bits per heavy atom. The highest BCUT2D eigenvalue weighted by molar-refractivity contribution is 8.00. The smallest absolute Gasteiger partial charge is 0.262 e. The summed E-state index contributed by atoms with van der Waals surface area (Å²) in [5, 5.41) is 11.8. The van der Waals surface area contributed by atoms with Gasteiger partial charge in [-0.15, -0.1) is 10.2 Å². The van der Waals surface area contributed by atoms with Crippen LogP contribution in [0.25, 0.3) is 0 Å². The van der Waals surface area contributed by atoms with Gasteiger partial charge in [0.25, 0.3) is 5.91 Å². The maximum atomic E-state index is 13.0. The fourth-order valence-corrected chi connectivity index (χ4v) is 4.31. The second-order valence-corrected chi connectivity index (χ2v) is 8.11. The molecular weight excluding hydrogens is 394 g/mol. The van der Waals surface area contributed by atoms with Crippen LogP contribution in [0.4, 0.5) is 11.6 Å². The monoisotopic (exact) mass is 417 g/mol. The van der Waals surface area contributed by atoms with E-state index in [1.165, 1.54) is 11.8 Å². The van der Waals surface area contributed by atoms with E-state index in [0.717, 1.165) is 19.0 Å². The third-order valence-corrected chi connectivity index (χ3v) is 5.94. The first-order valence-corrected chi connectivity index (χ1v) is 10.5. The molecule has 4 rings (SSSR count). The predicted octanol–water partition coefficient (Wildman–Crippen LogP) is 1.83. The van der Waals surface area contributed by atoms with Crippen LogP contribution in [0.5, 0.6) is 5.75 Å². The van der Waals surface area contributed by atoms with Crippen molar-refractivity contribution in [3.8, 4) is 5.75 Å². The maximum Gasteiger partial charge on any atom is 0.262 e. The fraction of sp³-hybridized carbons (Fsp3) is 0.474. The molecule has 1 aromatic heterocycles. The molecule has 2 aromatic rings. The standard InChI is InChI=1S/C19H23N5O4S/c1-3-24-18(23-6-8-27-9-7-23)21-22-19(24)29-12(2)17(26)13-4-5-15-14(10-13)20-16(25)11-28-15/h4-5,10,12H,3,6-9,11H2,1-2H3,(H,20,25)/t12-/m1/s1. The Morgan fingerprint density at radius 3 is 2.86 bits per heavy atom. The molecule has 1 saturated heterocycles. The third-order valence-electron chi connectivity index (χ3n) is 4.86. The van der Waals surface area contributed by atoms with Gasteiger partial charge in [0.2, 0.25) is 5.95 Å². The first-order chi connectivity index (χ1) is 14.1. The van der Waals surface area contributed by atoms with Crippen LogP contribution >= 0.6 is 11.8 Å². The molecule has 1 fully saturated rings. The summed E-state index contributed by atoms with van der Waals surface area (Å²) in [4.78, 5) is 26.7. The number of amides is 1. The molecule has 0 bridgehead atoms. The molecule has 10 heteroatoms. The van der Waals surface area contributed by atoms with Crippen LogP contribution in [-0.2, 0) is 16.1 Å². The summed E-state index contributed by atoms with van der Waals surface area (Å²) in [5.74, 6) is 1.11. The molecule has 0 spiro atoms. The number of ketones is 1. The van der Waals surface area contributed by atoms with Crippen LogP contribution in [0.2, 0.25) is 0 Å². The maximum absolute atomic E-state index is 13.0. The van der Waals surface area contributed by atoms with Crippen molar-refractivity contribution in [3.05, 3.63) is 23.8 Å². The van der Waals surface area contributed by atoms with E-state index in [4.69, 9.17) is 9.47 Å². The van der Waals surface area contributed by atoms with Crippen molar-refractivity contribution in [2.45, 2.75) is 30.8 Å². The lowest BCUT2D eigenvalue weighted by molar-refractivity contribution is -0.118. The van der Waals surface area contributed by atoms with Crippen LogP contribution < -0.4 is 15.0 Å². The highest BCUT2D eigenvalue weighted by Gasteiger charge is 2.25. The number of thioether (sulfide) groups is 1. The van der Waals surface area contributed by atoms with E-state index in [1.54, 1.807) is 18.2 Å². The lowest BCUT2D eigenvalue weighted by Crippen LogP contribution is -2.38. The number of aromatic nitrogens is 3. The zero-order chi connectivity index (χ0) is 20.4. The van der Waals surface area contributed by atoms with E-state index in [1.807, 2.05) is 18.4 Å². The summed E-state index contributed by atoms with van der Waals surface area (Å²) in [5.41, 5.74) is 1.04. The lowest BCUT2D eigenvalue weighted by Gasteiger charge is -2.27. The number of ether oxygens (including phenoxy) is 2. The van der Waals surface area contributed by atoms with Gasteiger partial charge in [-0.2, -0.15) is 0 Å². The molecule has 2 aliphatic rings. The number of hydrogen-bond donors (Lipinski definition) is 1. The number of benzene rings is 1. The molecule has 1 amide bonds. The van der Waals surface area contributed by atoms with E-state index < -0.39 is 0 Å². The number of fused-ring (bicyclic) bond motifs is 1. The Kier molecular flexibility index (Phi) is 5.72. The number of hydrogen-bond acceptors (Lipinski definition) is 8. The first kappa shape index (κ1) is 19.7. The van der Waals surface area contributed by atoms with Crippen molar-refractivity contribution in [1.82, 2.24) is 14.8 Å². The Balaban J connectivity index is 1.50. The molecule has 0 radical (unpaired) electrons. The second kappa shape index (κ2) is 8.42. The molecule has 154 valence electrons. The van der Waals surface area contributed by atoms with Gasteiger partial charge in [-0.05, 0) is 32.0 Å². The van der Waals surface area contributed by atoms with Crippen LogP contribution in [0, 0.1) is 0 Å². The Labute approximate surface area is 172 Å². The predicted molar refractivity (Wildman–Crippen MR) is 109 cm³/mol. The van der Waals surface area contributed by atoms with Gasteiger partial charge in [-0.25, -0.2) is 0 Å².